The van der Waals surface area contributed by atoms with E-state index in [1.165, 1.54) is 24.0 Å². The van der Waals surface area contributed by atoms with Crippen molar-refractivity contribution in [1.82, 2.24) is 10.2 Å². The number of carbonyl (C=O) groups excluding carboxylic acids is 2. The van der Waals surface area contributed by atoms with Gasteiger partial charge in [0.2, 0.25) is 21.8 Å². The zero-order valence-electron chi connectivity index (χ0n) is 18.4. The van der Waals surface area contributed by atoms with E-state index in [0.717, 1.165) is 10.6 Å². The second-order valence-electron chi connectivity index (χ2n) is 7.28. The van der Waals surface area contributed by atoms with Gasteiger partial charge in [0.1, 0.15) is 12.6 Å². The highest BCUT2D eigenvalue weighted by atomic mass is 35.5. The first-order valence-corrected chi connectivity index (χ1v) is 13.6. The van der Waals surface area contributed by atoms with Crippen LogP contribution in [0.2, 0.25) is 25.1 Å². The Morgan fingerprint density at radius 2 is 1.53 bits per heavy atom. The predicted molar refractivity (Wildman–Crippen MR) is 139 cm³/mol. The minimum Gasteiger partial charge on any atom is -0.355 e. The van der Waals surface area contributed by atoms with E-state index in [1.807, 2.05) is 0 Å². The average Bonchev–Trinajstić information content (AvgIpc) is 2.73. The maximum atomic E-state index is 13.5. The number of carbonyl (C=O) groups is 2. The van der Waals surface area contributed by atoms with E-state index in [1.54, 1.807) is 25.1 Å². The molecule has 0 aliphatic carbocycles. The third-order valence-corrected chi connectivity index (χ3v) is 7.71. The molecule has 2 aromatic carbocycles. The van der Waals surface area contributed by atoms with E-state index < -0.39 is 34.4 Å². The minimum atomic E-state index is -4.00. The molecule has 0 saturated carbocycles. The van der Waals surface area contributed by atoms with Crippen LogP contribution in [0.5, 0.6) is 0 Å². The summed E-state index contributed by atoms with van der Waals surface area (Å²) >= 11 is 30.8. The van der Waals surface area contributed by atoms with Crippen molar-refractivity contribution in [2.45, 2.75) is 26.4 Å². The highest BCUT2D eigenvalue weighted by Crippen LogP contribution is 2.36. The number of hydrogen-bond donors (Lipinski definition) is 1. The molecule has 2 aromatic rings. The summed E-state index contributed by atoms with van der Waals surface area (Å²) in [5.74, 6) is -1.13. The Morgan fingerprint density at radius 1 is 0.971 bits per heavy atom. The van der Waals surface area contributed by atoms with Gasteiger partial charge in [-0.2, -0.15) is 0 Å². The van der Waals surface area contributed by atoms with Crippen LogP contribution >= 0.6 is 58.0 Å². The van der Waals surface area contributed by atoms with Gasteiger partial charge in [-0.25, -0.2) is 8.42 Å². The fourth-order valence-corrected chi connectivity index (χ4v) is 5.12. The first-order valence-electron chi connectivity index (χ1n) is 9.90. The quantitative estimate of drug-likeness (QED) is 0.404. The number of sulfonamides is 1. The van der Waals surface area contributed by atoms with Crippen LogP contribution in [0.25, 0.3) is 0 Å². The molecular weight excluding hydrogens is 568 g/mol. The van der Waals surface area contributed by atoms with Gasteiger partial charge in [0.15, 0.2) is 0 Å². The van der Waals surface area contributed by atoms with Crippen molar-refractivity contribution in [1.29, 1.82) is 0 Å². The highest BCUT2D eigenvalue weighted by Gasteiger charge is 2.31. The number of anilines is 1. The molecule has 0 aromatic heterocycles. The van der Waals surface area contributed by atoms with Gasteiger partial charge in [-0.1, -0.05) is 64.1 Å². The number of halogens is 5. The first kappa shape index (κ1) is 28.8. The lowest BCUT2D eigenvalue weighted by Gasteiger charge is -2.32. The summed E-state index contributed by atoms with van der Waals surface area (Å²) in [7, 11) is -4.00. The number of nitrogens with one attached hydrogen (secondary N) is 1. The fourth-order valence-electron chi connectivity index (χ4n) is 3.06. The van der Waals surface area contributed by atoms with E-state index in [-0.39, 0.29) is 27.3 Å². The Labute approximate surface area is 223 Å². The monoisotopic (exact) mass is 587 g/mol. The van der Waals surface area contributed by atoms with Gasteiger partial charge in [-0.3, -0.25) is 13.9 Å². The van der Waals surface area contributed by atoms with E-state index >= 15 is 0 Å². The van der Waals surface area contributed by atoms with Crippen molar-refractivity contribution in [3.05, 3.63) is 61.0 Å². The number of rotatable bonds is 9. The Morgan fingerprint density at radius 3 is 2.06 bits per heavy atom. The Bertz CT molecular complexity index is 1170. The normalized spacial score (nSPS) is 12.2. The standard InChI is InChI=1S/C21H22Cl5N3O4S/c1-4-27-21(31)12(2)28(10-13-14(22)6-5-7-15(13)23)20(30)11-29(34(3,32)33)19-9-17(25)16(24)8-18(19)26/h5-9,12H,4,10-11H2,1-3H3,(H,27,31). The molecular formula is C21H22Cl5N3O4S. The molecule has 0 aliphatic rings. The smallest absolute Gasteiger partial charge is 0.244 e. The molecule has 7 nitrogen and oxygen atoms in total. The summed E-state index contributed by atoms with van der Waals surface area (Å²) < 4.78 is 26.0. The maximum Gasteiger partial charge on any atom is 0.244 e. The van der Waals surface area contributed by atoms with Crippen molar-refractivity contribution >= 4 is 85.5 Å². The lowest BCUT2D eigenvalue weighted by Crippen LogP contribution is -2.51. The van der Waals surface area contributed by atoms with Gasteiger partial charge in [0.25, 0.3) is 0 Å². The van der Waals surface area contributed by atoms with Crippen LogP contribution in [0.1, 0.15) is 19.4 Å². The van der Waals surface area contributed by atoms with E-state index in [9.17, 15) is 18.0 Å². The van der Waals surface area contributed by atoms with E-state index in [4.69, 9.17) is 58.0 Å². The molecule has 0 radical (unpaired) electrons. The van der Waals surface area contributed by atoms with Crippen molar-refractivity contribution < 1.29 is 18.0 Å². The Balaban J connectivity index is 2.51. The highest BCUT2D eigenvalue weighted by molar-refractivity contribution is 7.92. The summed E-state index contributed by atoms with van der Waals surface area (Å²) in [5, 5.41) is 3.39. The Kier molecular flexibility index (Phi) is 10.2. The van der Waals surface area contributed by atoms with Gasteiger partial charge < -0.3 is 10.2 Å². The van der Waals surface area contributed by atoms with Crippen LogP contribution in [-0.2, 0) is 26.2 Å². The van der Waals surface area contributed by atoms with Gasteiger partial charge in [-0.05, 0) is 38.1 Å². The number of hydrogen-bond acceptors (Lipinski definition) is 4. The van der Waals surface area contributed by atoms with Crippen LogP contribution in [0.15, 0.2) is 30.3 Å². The molecule has 13 heteroatoms. The molecule has 0 aliphatic heterocycles. The molecule has 2 rings (SSSR count). The molecule has 1 N–H and O–H groups in total. The molecule has 0 bridgehead atoms. The van der Waals surface area contributed by atoms with Gasteiger partial charge in [-0.15, -0.1) is 0 Å². The summed E-state index contributed by atoms with van der Waals surface area (Å²) in [6.07, 6.45) is 0.918. The Hall–Kier alpha value is -1.42. The van der Waals surface area contributed by atoms with Crippen molar-refractivity contribution in [2.24, 2.45) is 0 Å². The second-order valence-corrected chi connectivity index (χ2v) is 11.2. The number of nitrogens with zero attached hydrogens (tertiary/aromatic N) is 2. The third-order valence-electron chi connectivity index (χ3n) is 4.85. The second kappa shape index (κ2) is 12.0. The summed E-state index contributed by atoms with van der Waals surface area (Å²) in [4.78, 5) is 27.2. The molecule has 186 valence electrons. The van der Waals surface area contributed by atoms with Crippen LogP contribution in [0.4, 0.5) is 5.69 Å². The molecule has 2 amide bonds. The predicted octanol–water partition coefficient (Wildman–Crippen LogP) is 5.27. The van der Waals surface area contributed by atoms with Crippen molar-refractivity contribution in [3.63, 3.8) is 0 Å². The zero-order chi connectivity index (χ0) is 25.8. The average molecular weight is 590 g/mol. The van der Waals surface area contributed by atoms with Crippen LogP contribution in [0.3, 0.4) is 0 Å². The van der Waals surface area contributed by atoms with Gasteiger partial charge in [0.05, 0.1) is 27.0 Å². The largest absolute Gasteiger partial charge is 0.355 e. The molecule has 0 spiro atoms. The summed E-state index contributed by atoms with van der Waals surface area (Å²) in [6, 6.07) is 6.41. The summed E-state index contributed by atoms with van der Waals surface area (Å²) in [6.45, 7) is 2.79. The topological polar surface area (TPSA) is 86.8 Å². The molecule has 1 unspecified atom stereocenters. The number of benzene rings is 2. The van der Waals surface area contributed by atoms with Gasteiger partial charge in [0, 0.05) is 28.7 Å². The fraction of sp³-hybridized carbons (Fsp3) is 0.333. The van der Waals surface area contributed by atoms with Crippen molar-refractivity contribution in [2.75, 3.05) is 23.7 Å². The number of likely N-dealkylation sites (N-methyl/N-ethyl adjacent to an activating group) is 1. The lowest BCUT2D eigenvalue weighted by molar-refractivity contribution is -0.139. The molecule has 34 heavy (non-hydrogen) atoms. The minimum absolute atomic E-state index is 0.0231. The SMILES string of the molecule is CCNC(=O)C(C)N(Cc1c(Cl)cccc1Cl)C(=O)CN(c1cc(Cl)c(Cl)cc1Cl)S(C)(=O)=O. The molecule has 1 atom stereocenters. The van der Waals surface area contributed by atoms with Crippen LogP contribution in [-0.4, -0.2) is 50.5 Å². The summed E-state index contributed by atoms with van der Waals surface area (Å²) in [5.41, 5.74) is 0.377. The molecule has 0 fully saturated rings. The molecule has 0 saturated heterocycles. The van der Waals surface area contributed by atoms with E-state index in [2.05, 4.69) is 5.32 Å². The molecule has 0 heterocycles. The van der Waals surface area contributed by atoms with Crippen LogP contribution < -0.4 is 9.62 Å². The lowest BCUT2D eigenvalue weighted by atomic mass is 10.1. The van der Waals surface area contributed by atoms with Crippen molar-refractivity contribution in [3.8, 4) is 0 Å². The first-order chi connectivity index (χ1) is 15.8. The zero-order valence-corrected chi connectivity index (χ0v) is 23.0. The van der Waals surface area contributed by atoms with E-state index in [0.29, 0.717) is 22.2 Å². The van der Waals surface area contributed by atoms with Crippen LogP contribution in [0, 0.1) is 0 Å². The number of amides is 2. The maximum absolute atomic E-state index is 13.5. The van der Waals surface area contributed by atoms with Gasteiger partial charge >= 0.3 is 0 Å². The third kappa shape index (κ3) is 7.06.